The van der Waals surface area contributed by atoms with Crippen molar-refractivity contribution < 1.29 is 22.3 Å². The van der Waals surface area contributed by atoms with Crippen LogP contribution in [0.3, 0.4) is 0 Å². The molecule has 0 saturated carbocycles. The van der Waals surface area contributed by atoms with E-state index in [9.17, 15) is 13.2 Å². The lowest BCUT2D eigenvalue weighted by Crippen LogP contribution is -2.30. The first-order chi connectivity index (χ1) is 11.7. The summed E-state index contributed by atoms with van der Waals surface area (Å²) >= 11 is 0. The molecule has 2 heterocycles. The van der Waals surface area contributed by atoms with Gasteiger partial charge in [0.2, 0.25) is 12.0 Å². The van der Waals surface area contributed by atoms with Gasteiger partial charge in [0.15, 0.2) is 11.9 Å². The fourth-order valence-corrected chi connectivity index (χ4v) is 3.13. The maximum Gasteiger partial charge on any atom is 0.416 e. The predicted octanol–water partition coefficient (Wildman–Crippen LogP) is 3.34. The normalized spacial score (nSPS) is 11.8. The van der Waals surface area contributed by atoms with Crippen molar-refractivity contribution in [2.45, 2.75) is 13.1 Å². The van der Waals surface area contributed by atoms with E-state index in [-0.39, 0.29) is 0 Å². The van der Waals surface area contributed by atoms with Crippen LogP contribution >= 0.6 is 0 Å². The Bertz CT molecular complexity index is 940. The quantitative estimate of drug-likeness (QED) is 0.631. The molecule has 3 nitrogen and oxygen atoms in total. The van der Waals surface area contributed by atoms with E-state index in [1.807, 2.05) is 78.7 Å². The number of benzene rings is 1. The summed E-state index contributed by atoms with van der Waals surface area (Å²) in [5, 5.41) is 0. The molecular formula is C19H20F3N3+2. The molecule has 0 atom stereocenters. The Kier molecular flexibility index (Phi) is 4.14. The monoisotopic (exact) mass is 347 g/mol. The van der Waals surface area contributed by atoms with Crippen LogP contribution in [0, 0.1) is 6.92 Å². The molecule has 0 aliphatic carbocycles. The van der Waals surface area contributed by atoms with Crippen LogP contribution < -0.4 is 9.13 Å². The maximum atomic E-state index is 13.5. The largest absolute Gasteiger partial charge is 0.416 e. The van der Waals surface area contributed by atoms with Crippen LogP contribution in [-0.4, -0.2) is 4.57 Å². The highest BCUT2D eigenvalue weighted by Gasteiger charge is 2.34. The third kappa shape index (κ3) is 3.16. The minimum Gasteiger partial charge on any atom is -0.239 e. The number of imidazole rings is 1. The molecular weight excluding hydrogens is 327 g/mol. The Hall–Kier alpha value is -2.63. The molecule has 0 bridgehead atoms. The van der Waals surface area contributed by atoms with Crippen LogP contribution in [0.5, 0.6) is 0 Å². The molecule has 2 aromatic heterocycles. The highest BCUT2D eigenvalue weighted by molar-refractivity contribution is 5.75. The zero-order chi connectivity index (χ0) is 18.4. The minimum atomic E-state index is -4.40. The van der Waals surface area contributed by atoms with Crippen molar-refractivity contribution in [3.05, 3.63) is 60.2 Å². The second-order valence-electron chi connectivity index (χ2n) is 6.30. The van der Waals surface area contributed by atoms with Gasteiger partial charge in [-0.2, -0.15) is 13.2 Å². The molecule has 0 N–H and O–H groups in total. The van der Waals surface area contributed by atoms with E-state index in [0.717, 1.165) is 17.0 Å². The van der Waals surface area contributed by atoms with Gasteiger partial charge >= 0.3 is 6.18 Å². The van der Waals surface area contributed by atoms with Gasteiger partial charge in [0.1, 0.15) is 13.2 Å². The van der Waals surface area contributed by atoms with E-state index in [2.05, 4.69) is 0 Å². The summed E-state index contributed by atoms with van der Waals surface area (Å²) in [6.07, 6.45) is 1.09. The summed E-state index contributed by atoms with van der Waals surface area (Å²) in [7, 11) is 5.51. The summed E-state index contributed by atoms with van der Waals surface area (Å²) in [6.45, 7) is 1.87. The summed E-state index contributed by atoms with van der Waals surface area (Å²) in [5.74, 6) is 0. The summed E-state index contributed by atoms with van der Waals surface area (Å²) < 4.78 is 46.0. The minimum absolute atomic E-state index is 0.580. The average Bonchev–Trinajstić information content (AvgIpc) is 2.85. The fraction of sp³-hybridized carbons (Fsp3) is 0.263. The van der Waals surface area contributed by atoms with Crippen LogP contribution in [0.25, 0.3) is 22.5 Å². The number of hydrogen-bond acceptors (Lipinski definition) is 0. The van der Waals surface area contributed by atoms with Crippen LogP contribution in [-0.2, 0) is 27.3 Å². The second kappa shape index (κ2) is 6.02. The van der Waals surface area contributed by atoms with Gasteiger partial charge in [0, 0.05) is 17.7 Å². The second-order valence-corrected chi connectivity index (χ2v) is 6.30. The van der Waals surface area contributed by atoms with Crippen molar-refractivity contribution in [3.8, 4) is 22.5 Å². The van der Waals surface area contributed by atoms with E-state index < -0.39 is 11.7 Å². The lowest BCUT2D eigenvalue weighted by molar-refractivity contribution is -0.670. The molecule has 3 aromatic rings. The molecule has 0 aliphatic heterocycles. The van der Waals surface area contributed by atoms with Crippen LogP contribution in [0.4, 0.5) is 13.2 Å². The van der Waals surface area contributed by atoms with E-state index in [0.29, 0.717) is 11.1 Å². The lowest BCUT2D eigenvalue weighted by atomic mass is 9.94. The first-order valence-electron chi connectivity index (χ1n) is 7.87. The van der Waals surface area contributed by atoms with E-state index in [1.54, 1.807) is 0 Å². The van der Waals surface area contributed by atoms with E-state index in [4.69, 9.17) is 0 Å². The van der Waals surface area contributed by atoms with Gasteiger partial charge in [-0.25, -0.2) is 13.7 Å². The average molecular weight is 347 g/mol. The molecule has 3 rings (SSSR count). The smallest absolute Gasteiger partial charge is 0.239 e. The number of nitrogens with zero attached hydrogens (tertiary/aromatic N) is 3. The van der Waals surface area contributed by atoms with Gasteiger partial charge in [-0.1, -0.05) is 0 Å². The van der Waals surface area contributed by atoms with Gasteiger partial charge in [0.05, 0.1) is 25.2 Å². The summed E-state index contributed by atoms with van der Waals surface area (Å²) in [5.41, 5.74) is 2.82. The lowest BCUT2D eigenvalue weighted by Gasteiger charge is -2.14. The summed E-state index contributed by atoms with van der Waals surface area (Å²) in [4.78, 5) is 0. The van der Waals surface area contributed by atoms with Crippen LogP contribution in [0.15, 0.2) is 49.1 Å². The van der Waals surface area contributed by atoms with Gasteiger partial charge in [0.25, 0.3) is 0 Å². The number of halogens is 3. The first kappa shape index (κ1) is 17.2. The number of aromatic nitrogens is 3. The maximum absolute atomic E-state index is 13.5. The van der Waals surface area contributed by atoms with Crippen molar-refractivity contribution in [2.75, 3.05) is 0 Å². The molecule has 25 heavy (non-hydrogen) atoms. The molecule has 0 amide bonds. The Balaban J connectivity index is 2.35. The number of aryl methyl sites for hydroxylation is 3. The zero-order valence-electron chi connectivity index (χ0n) is 14.6. The third-order valence-corrected chi connectivity index (χ3v) is 4.40. The highest BCUT2D eigenvalue weighted by atomic mass is 19.4. The molecule has 0 unspecified atom stereocenters. The Morgan fingerprint density at radius 1 is 1.04 bits per heavy atom. The number of rotatable bonds is 2. The van der Waals surface area contributed by atoms with Crippen molar-refractivity contribution in [1.29, 1.82) is 0 Å². The predicted molar refractivity (Wildman–Crippen MR) is 88.4 cm³/mol. The number of hydrogen-bond donors (Lipinski definition) is 0. The Labute approximate surface area is 144 Å². The van der Waals surface area contributed by atoms with Crippen LogP contribution in [0.2, 0.25) is 0 Å². The first-order valence-corrected chi connectivity index (χ1v) is 7.87. The zero-order valence-corrected chi connectivity index (χ0v) is 14.6. The Morgan fingerprint density at radius 3 is 2.28 bits per heavy atom. The van der Waals surface area contributed by atoms with E-state index >= 15 is 0 Å². The molecule has 0 saturated heterocycles. The number of pyridine rings is 1. The molecule has 0 fully saturated rings. The third-order valence-electron chi connectivity index (χ3n) is 4.40. The van der Waals surface area contributed by atoms with Crippen molar-refractivity contribution >= 4 is 0 Å². The van der Waals surface area contributed by atoms with Gasteiger partial charge < -0.3 is 0 Å². The summed E-state index contributed by atoms with van der Waals surface area (Å²) in [6, 6.07) is 7.98. The Morgan fingerprint density at radius 2 is 1.72 bits per heavy atom. The standard InChI is InChI=1S/C19H20F3N3/c1-13-15(17-7-5-6-8-24(17)3)9-14(19(20,21)22)10-16(13)18-11-23(2)12-25(18)4/h5-12H,1-4H3/q+2. The molecule has 6 heteroatoms. The molecule has 0 spiro atoms. The van der Waals surface area contributed by atoms with Crippen molar-refractivity contribution in [1.82, 2.24) is 4.57 Å². The van der Waals surface area contributed by atoms with Crippen molar-refractivity contribution in [3.63, 3.8) is 0 Å². The molecule has 0 radical (unpaired) electrons. The van der Waals surface area contributed by atoms with Gasteiger partial charge in [-0.05, 0) is 30.7 Å². The van der Waals surface area contributed by atoms with Gasteiger partial charge in [-0.15, -0.1) is 0 Å². The molecule has 130 valence electrons. The highest BCUT2D eigenvalue weighted by Crippen LogP contribution is 2.38. The molecule has 0 aliphatic rings. The van der Waals surface area contributed by atoms with Gasteiger partial charge in [-0.3, -0.25) is 0 Å². The van der Waals surface area contributed by atoms with E-state index in [1.165, 1.54) is 12.1 Å². The topological polar surface area (TPSA) is 12.7 Å². The van der Waals surface area contributed by atoms with Crippen molar-refractivity contribution in [2.24, 2.45) is 21.1 Å². The molecule has 1 aromatic carbocycles. The fourth-order valence-electron chi connectivity index (χ4n) is 3.13. The SMILES string of the molecule is Cc1c(-c2c[n+](C)cn2C)cc(C(F)(F)F)cc1-c1cccc[n+]1C. The van der Waals surface area contributed by atoms with Crippen LogP contribution in [0.1, 0.15) is 11.1 Å². The number of alkyl halides is 3.